The lowest BCUT2D eigenvalue weighted by molar-refractivity contribution is -0.135. The van der Waals surface area contributed by atoms with E-state index >= 15 is 0 Å². The third-order valence-corrected chi connectivity index (χ3v) is 5.46. The summed E-state index contributed by atoms with van der Waals surface area (Å²) in [6.45, 7) is 2.09. The van der Waals surface area contributed by atoms with Gasteiger partial charge in [-0.2, -0.15) is 0 Å². The normalized spacial score (nSPS) is 32.2. The molecule has 3 aliphatic rings. The van der Waals surface area contributed by atoms with Crippen molar-refractivity contribution in [1.82, 2.24) is 9.80 Å². The number of fused-ring (bicyclic) bond motifs is 5. The van der Waals surface area contributed by atoms with Gasteiger partial charge < -0.3 is 4.90 Å². The Balaban J connectivity index is 1.70. The van der Waals surface area contributed by atoms with Crippen molar-refractivity contribution in [3.05, 3.63) is 21.9 Å². The van der Waals surface area contributed by atoms with Gasteiger partial charge in [0.1, 0.15) is 0 Å². The van der Waals surface area contributed by atoms with Crippen LogP contribution in [0.5, 0.6) is 0 Å². The van der Waals surface area contributed by atoms with Gasteiger partial charge in [0.05, 0.1) is 6.17 Å². The lowest BCUT2D eigenvalue weighted by Gasteiger charge is -2.47. The molecule has 0 spiro atoms. The lowest BCUT2D eigenvalue weighted by atomic mass is 9.94. The number of rotatable bonds is 0. The number of carbonyl (C=O) groups is 1. The summed E-state index contributed by atoms with van der Waals surface area (Å²) in [7, 11) is 0. The number of hydrogen-bond donors (Lipinski definition) is 0. The van der Waals surface area contributed by atoms with Crippen molar-refractivity contribution in [2.45, 2.75) is 37.9 Å². The van der Waals surface area contributed by atoms with E-state index in [0.29, 0.717) is 18.1 Å². The van der Waals surface area contributed by atoms with Gasteiger partial charge in [-0.05, 0) is 36.3 Å². The van der Waals surface area contributed by atoms with E-state index < -0.39 is 0 Å². The second-order valence-corrected chi connectivity index (χ2v) is 6.20. The molecule has 0 saturated carbocycles. The smallest absolute Gasteiger partial charge is 0.223 e. The van der Waals surface area contributed by atoms with Gasteiger partial charge in [0.2, 0.25) is 5.91 Å². The van der Waals surface area contributed by atoms with E-state index in [2.05, 4.69) is 21.2 Å². The molecule has 90 valence electrons. The molecule has 0 N–H and O–H groups in total. The molecule has 0 aliphatic carbocycles. The van der Waals surface area contributed by atoms with Crippen LogP contribution in [-0.4, -0.2) is 35.0 Å². The summed E-state index contributed by atoms with van der Waals surface area (Å²) in [5, 5.41) is 2.22. The highest BCUT2D eigenvalue weighted by Crippen LogP contribution is 2.42. The maximum absolute atomic E-state index is 11.8. The molecule has 0 radical (unpaired) electrons. The number of carbonyl (C=O) groups excluding carboxylic acids is 1. The van der Waals surface area contributed by atoms with Gasteiger partial charge in [-0.3, -0.25) is 9.69 Å². The van der Waals surface area contributed by atoms with Crippen LogP contribution < -0.4 is 0 Å². The van der Waals surface area contributed by atoms with E-state index in [9.17, 15) is 4.79 Å². The summed E-state index contributed by atoms with van der Waals surface area (Å²) in [4.78, 5) is 18.0. The van der Waals surface area contributed by atoms with Crippen molar-refractivity contribution in [3.8, 4) is 0 Å². The molecule has 0 unspecified atom stereocenters. The zero-order chi connectivity index (χ0) is 11.4. The van der Waals surface area contributed by atoms with Crippen LogP contribution >= 0.6 is 11.3 Å². The van der Waals surface area contributed by atoms with Crippen molar-refractivity contribution in [2.75, 3.05) is 13.1 Å². The molecule has 1 aromatic heterocycles. The van der Waals surface area contributed by atoms with Gasteiger partial charge >= 0.3 is 0 Å². The number of nitrogens with zero attached hydrogens (tertiary/aromatic N) is 2. The first-order valence-corrected chi connectivity index (χ1v) is 7.34. The third-order valence-electron chi connectivity index (χ3n) is 4.46. The summed E-state index contributed by atoms with van der Waals surface area (Å²) in [6.07, 6.45) is 4.47. The first kappa shape index (κ1) is 10.1. The minimum absolute atomic E-state index is 0.365. The van der Waals surface area contributed by atoms with E-state index in [1.54, 1.807) is 10.4 Å². The fraction of sp³-hybridized carbons (Fsp3) is 0.615. The van der Waals surface area contributed by atoms with E-state index in [-0.39, 0.29) is 0 Å². The van der Waals surface area contributed by atoms with Crippen LogP contribution in [0.2, 0.25) is 0 Å². The largest absolute Gasteiger partial charge is 0.327 e. The quantitative estimate of drug-likeness (QED) is 0.701. The molecule has 2 fully saturated rings. The van der Waals surface area contributed by atoms with Crippen molar-refractivity contribution >= 4 is 17.2 Å². The Morgan fingerprint density at radius 1 is 1.24 bits per heavy atom. The first-order valence-electron chi connectivity index (χ1n) is 6.46. The molecule has 2 saturated heterocycles. The molecule has 4 rings (SSSR count). The van der Waals surface area contributed by atoms with Crippen molar-refractivity contribution < 1.29 is 4.79 Å². The summed E-state index contributed by atoms with van der Waals surface area (Å²) in [5.74, 6) is 0.365. The zero-order valence-corrected chi connectivity index (χ0v) is 10.6. The molecular formula is C13H16N2OS. The van der Waals surface area contributed by atoms with Crippen molar-refractivity contribution in [2.24, 2.45) is 0 Å². The number of thiophene rings is 1. The number of amides is 1. The fourth-order valence-electron chi connectivity index (χ4n) is 3.69. The van der Waals surface area contributed by atoms with Crippen molar-refractivity contribution in [3.63, 3.8) is 0 Å². The third kappa shape index (κ3) is 1.34. The van der Waals surface area contributed by atoms with E-state index in [4.69, 9.17) is 0 Å². The highest BCUT2D eigenvalue weighted by Gasteiger charge is 2.44. The van der Waals surface area contributed by atoms with Gasteiger partial charge in [0.15, 0.2) is 0 Å². The zero-order valence-electron chi connectivity index (χ0n) is 9.76. The Morgan fingerprint density at radius 2 is 2.18 bits per heavy atom. The van der Waals surface area contributed by atoms with Crippen LogP contribution in [0.4, 0.5) is 0 Å². The Kier molecular flexibility index (Phi) is 2.11. The van der Waals surface area contributed by atoms with Crippen LogP contribution in [0.1, 0.15) is 35.7 Å². The van der Waals surface area contributed by atoms with Crippen LogP contribution in [0.25, 0.3) is 0 Å². The predicted octanol–water partition coefficient (Wildman–Crippen LogP) is 2.00. The summed E-state index contributed by atoms with van der Waals surface area (Å²) in [6, 6.07) is 2.88. The van der Waals surface area contributed by atoms with Crippen molar-refractivity contribution in [1.29, 1.82) is 0 Å². The fourth-order valence-corrected chi connectivity index (χ4v) is 4.62. The van der Waals surface area contributed by atoms with Gasteiger partial charge in [-0.25, -0.2) is 0 Å². The minimum Gasteiger partial charge on any atom is -0.327 e. The summed E-state index contributed by atoms with van der Waals surface area (Å²) < 4.78 is 0. The van der Waals surface area contributed by atoms with Crippen LogP contribution in [0, 0.1) is 0 Å². The molecule has 0 aromatic carbocycles. The van der Waals surface area contributed by atoms with Crippen LogP contribution in [0.3, 0.4) is 0 Å². The average molecular weight is 248 g/mol. The van der Waals surface area contributed by atoms with Gasteiger partial charge in [0.25, 0.3) is 0 Å². The van der Waals surface area contributed by atoms with Gasteiger partial charge in [0, 0.05) is 30.4 Å². The maximum atomic E-state index is 11.8. The molecule has 1 amide bonds. The monoisotopic (exact) mass is 248 g/mol. The highest BCUT2D eigenvalue weighted by molar-refractivity contribution is 7.10. The van der Waals surface area contributed by atoms with Gasteiger partial charge in [-0.15, -0.1) is 11.3 Å². The molecular weight excluding hydrogens is 232 g/mol. The van der Waals surface area contributed by atoms with E-state index in [1.165, 1.54) is 6.42 Å². The van der Waals surface area contributed by atoms with E-state index in [1.807, 2.05) is 11.3 Å². The molecule has 3 nitrogen and oxygen atoms in total. The topological polar surface area (TPSA) is 23.6 Å². The molecule has 17 heavy (non-hydrogen) atoms. The first-order chi connectivity index (χ1) is 8.34. The Morgan fingerprint density at radius 3 is 3.12 bits per heavy atom. The molecule has 0 bridgehead atoms. The van der Waals surface area contributed by atoms with Crippen LogP contribution in [0.15, 0.2) is 11.4 Å². The molecule has 1 aromatic rings. The molecule has 2 atom stereocenters. The lowest BCUT2D eigenvalue weighted by Crippen LogP contribution is -2.54. The molecule has 4 heteroatoms. The standard InChI is InChI=1S/C13H16N2OS/c16-13-2-1-12-14-7-4-11-9(5-8-17-11)10(14)3-6-15(12)13/h5,8,10,12H,1-4,6-7H2/t10-,12+/m1/s1. The average Bonchev–Trinajstić information content (AvgIpc) is 2.95. The Labute approximate surface area is 105 Å². The molecule has 3 aliphatic heterocycles. The Hall–Kier alpha value is -0.870. The highest BCUT2D eigenvalue weighted by atomic mass is 32.1. The minimum atomic E-state index is 0.365. The number of hydrogen-bond acceptors (Lipinski definition) is 3. The second-order valence-electron chi connectivity index (χ2n) is 5.20. The summed E-state index contributed by atoms with van der Waals surface area (Å²) >= 11 is 1.90. The Bertz CT molecular complexity index is 470. The SMILES string of the molecule is O=C1CC[C@@H]2N1CC[C@@H]1c3ccsc3CCN12. The van der Waals surface area contributed by atoms with E-state index in [0.717, 1.165) is 32.4 Å². The second kappa shape index (κ2) is 3.56. The van der Waals surface area contributed by atoms with Gasteiger partial charge in [-0.1, -0.05) is 0 Å². The molecule has 4 heterocycles. The summed E-state index contributed by atoms with van der Waals surface area (Å²) in [5.41, 5.74) is 1.54. The maximum Gasteiger partial charge on any atom is 0.223 e. The predicted molar refractivity (Wildman–Crippen MR) is 66.8 cm³/mol. The van der Waals surface area contributed by atoms with Crippen LogP contribution in [-0.2, 0) is 11.2 Å².